The average molecular weight is 266 g/mol. The second-order valence-electron chi connectivity index (χ2n) is 5.06. The lowest BCUT2D eigenvalue weighted by Gasteiger charge is -2.17. The highest BCUT2D eigenvalue weighted by atomic mass is 19.1. The zero-order chi connectivity index (χ0) is 13.8. The summed E-state index contributed by atoms with van der Waals surface area (Å²) in [6, 6.07) is 6.06. The van der Waals surface area contributed by atoms with Crippen LogP contribution < -0.4 is 10.6 Å². The first-order valence-electron chi connectivity index (χ1n) is 6.51. The number of carbonyl (C=O) groups excluding carboxylic acids is 1. The van der Waals surface area contributed by atoms with Gasteiger partial charge in [-0.3, -0.25) is 4.79 Å². The van der Waals surface area contributed by atoms with Crippen LogP contribution in [0.2, 0.25) is 0 Å². The summed E-state index contributed by atoms with van der Waals surface area (Å²) in [5.74, 6) is -0.390. The molecule has 5 heteroatoms. The summed E-state index contributed by atoms with van der Waals surface area (Å²) < 4.78 is 13.5. The molecule has 19 heavy (non-hydrogen) atoms. The molecule has 2 rings (SSSR count). The Hall–Kier alpha value is -1.46. The fraction of sp³-hybridized carbons (Fsp3) is 0.500. The van der Waals surface area contributed by atoms with E-state index in [0.29, 0.717) is 24.9 Å². The molecule has 1 aromatic rings. The summed E-state index contributed by atoms with van der Waals surface area (Å²) in [5, 5.41) is 15.2. The molecular weight excluding hydrogens is 247 g/mol. The van der Waals surface area contributed by atoms with Crippen LogP contribution in [0.3, 0.4) is 0 Å². The van der Waals surface area contributed by atoms with E-state index in [4.69, 9.17) is 0 Å². The zero-order valence-electron chi connectivity index (χ0n) is 10.9. The number of nitrogens with one attached hydrogen (secondary N) is 2. The highest BCUT2D eigenvalue weighted by Crippen LogP contribution is 2.10. The average Bonchev–Trinajstić information content (AvgIpc) is 2.79. The molecule has 0 aromatic heterocycles. The lowest BCUT2D eigenvalue weighted by atomic mass is 10.1. The molecule has 104 valence electrons. The van der Waals surface area contributed by atoms with Crippen LogP contribution in [0.4, 0.5) is 4.39 Å². The van der Waals surface area contributed by atoms with Gasteiger partial charge in [0, 0.05) is 12.6 Å². The Balaban J connectivity index is 1.86. The number of carbonyl (C=O) groups is 1. The van der Waals surface area contributed by atoms with Crippen molar-refractivity contribution in [3.63, 3.8) is 0 Å². The lowest BCUT2D eigenvalue weighted by Crippen LogP contribution is -2.44. The molecule has 0 aliphatic carbocycles. The van der Waals surface area contributed by atoms with E-state index in [1.54, 1.807) is 18.2 Å². The second-order valence-corrected chi connectivity index (χ2v) is 5.06. The van der Waals surface area contributed by atoms with Crippen LogP contribution in [0.25, 0.3) is 0 Å². The maximum atomic E-state index is 13.5. The number of hydrogen-bond acceptors (Lipinski definition) is 3. The Morgan fingerprint density at radius 2 is 2.32 bits per heavy atom. The van der Waals surface area contributed by atoms with E-state index >= 15 is 0 Å². The first-order valence-corrected chi connectivity index (χ1v) is 6.51. The normalized spacial score (nSPS) is 24.2. The number of hydrogen-bond donors (Lipinski definition) is 3. The first kappa shape index (κ1) is 14.0. The molecule has 0 radical (unpaired) electrons. The molecule has 0 spiro atoms. The van der Waals surface area contributed by atoms with Gasteiger partial charge in [-0.05, 0) is 31.4 Å². The Labute approximate surface area is 112 Å². The molecule has 4 nitrogen and oxygen atoms in total. The highest BCUT2D eigenvalue weighted by molar-refractivity contribution is 5.82. The monoisotopic (exact) mass is 266 g/mol. The number of aliphatic hydroxyl groups is 1. The molecule has 1 saturated heterocycles. The van der Waals surface area contributed by atoms with E-state index in [-0.39, 0.29) is 23.8 Å². The van der Waals surface area contributed by atoms with Gasteiger partial charge in [0.2, 0.25) is 5.91 Å². The molecule has 0 unspecified atom stereocenters. The van der Waals surface area contributed by atoms with Crippen molar-refractivity contribution >= 4 is 5.91 Å². The van der Waals surface area contributed by atoms with Gasteiger partial charge in [-0.15, -0.1) is 0 Å². The molecule has 3 N–H and O–H groups in total. The minimum absolute atomic E-state index is 0.139. The maximum absolute atomic E-state index is 13.5. The van der Waals surface area contributed by atoms with Crippen molar-refractivity contribution in [2.24, 2.45) is 0 Å². The van der Waals surface area contributed by atoms with Crippen LogP contribution in [0.5, 0.6) is 0 Å². The van der Waals surface area contributed by atoms with Gasteiger partial charge in [0.25, 0.3) is 0 Å². The smallest absolute Gasteiger partial charge is 0.237 e. The van der Waals surface area contributed by atoms with Gasteiger partial charge >= 0.3 is 0 Å². The summed E-state index contributed by atoms with van der Waals surface area (Å²) in [6.45, 7) is 2.29. The minimum Gasteiger partial charge on any atom is -0.392 e. The number of rotatable bonds is 4. The number of aliphatic hydroxyl groups excluding tert-OH is 1. The standard InChI is InChI=1S/C14H19FN2O2/c1-9(6-10-4-2-3-5-12(10)15)17-14(19)13-7-11(18)8-16-13/h2-5,9,11,13,16,18H,6-8H2,1H3,(H,17,19)/t9-,11-,13+/m1/s1. The molecule has 1 aromatic carbocycles. The Bertz CT molecular complexity index is 453. The van der Waals surface area contributed by atoms with E-state index in [2.05, 4.69) is 10.6 Å². The lowest BCUT2D eigenvalue weighted by molar-refractivity contribution is -0.123. The van der Waals surface area contributed by atoms with E-state index in [1.807, 2.05) is 6.92 Å². The number of amides is 1. The number of β-amino-alcohol motifs (C(OH)–C–C–N with tert-alkyl or cyclic N) is 1. The van der Waals surface area contributed by atoms with E-state index in [9.17, 15) is 14.3 Å². The molecule has 1 fully saturated rings. The minimum atomic E-state index is -0.461. The van der Waals surface area contributed by atoms with Crippen molar-refractivity contribution in [3.05, 3.63) is 35.6 Å². The van der Waals surface area contributed by atoms with Gasteiger partial charge in [-0.2, -0.15) is 0 Å². The third-order valence-corrected chi connectivity index (χ3v) is 3.30. The number of benzene rings is 1. The van der Waals surface area contributed by atoms with Crippen molar-refractivity contribution < 1.29 is 14.3 Å². The summed E-state index contributed by atoms with van der Waals surface area (Å²) >= 11 is 0. The van der Waals surface area contributed by atoms with Crippen LogP contribution in [0.1, 0.15) is 18.9 Å². The molecule has 1 aliphatic rings. The Morgan fingerprint density at radius 3 is 2.95 bits per heavy atom. The predicted octanol–water partition coefficient (Wildman–Crippen LogP) is 0.596. The van der Waals surface area contributed by atoms with Crippen molar-refractivity contribution in [1.82, 2.24) is 10.6 Å². The molecule has 1 aliphatic heterocycles. The van der Waals surface area contributed by atoms with Gasteiger partial charge in [0.1, 0.15) is 5.82 Å². The third kappa shape index (κ3) is 3.75. The van der Waals surface area contributed by atoms with E-state index in [0.717, 1.165) is 0 Å². The maximum Gasteiger partial charge on any atom is 0.237 e. The van der Waals surface area contributed by atoms with Crippen molar-refractivity contribution in [2.45, 2.75) is 38.0 Å². The second kappa shape index (κ2) is 6.12. The van der Waals surface area contributed by atoms with Crippen LogP contribution in [0.15, 0.2) is 24.3 Å². The Kier molecular flexibility index (Phi) is 4.50. The summed E-state index contributed by atoms with van der Waals surface area (Å²) in [6.07, 6.45) is 0.420. The topological polar surface area (TPSA) is 61.4 Å². The van der Waals surface area contributed by atoms with Crippen LogP contribution >= 0.6 is 0 Å². The third-order valence-electron chi connectivity index (χ3n) is 3.30. The van der Waals surface area contributed by atoms with E-state index in [1.165, 1.54) is 6.07 Å². The van der Waals surface area contributed by atoms with Gasteiger partial charge in [0.05, 0.1) is 12.1 Å². The predicted molar refractivity (Wildman–Crippen MR) is 70.1 cm³/mol. The molecule has 1 amide bonds. The van der Waals surface area contributed by atoms with Crippen molar-refractivity contribution in [3.8, 4) is 0 Å². The van der Waals surface area contributed by atoms with Crippen LogP contribution in [-0.2, 0) is 11.2 Å². The van der Waals surface area contributed by atoms with Gasteiger partial charge in [-0.1, -0.05) is 18.2 Å². The molecule has 1 heterocycles. The Morgan fingerprint density at radius 1 is 1.58 bits per heavy atom. The highest BCUT2D eigenvalue weighted by Gasteiger charge is 2.28. The van der Waals surface area contributed by atoms with E-state index < -0.39 is 6.10 Å². The van der Waals surface area contributed by atoms with Crippen molar-refractivity contribution in [2.75, 3.05) is 6.54 Å². The van der Waals surface area contributed by atoms with Crippen molar-refractivity contribution in [1.29, 1.82) is 0 Å². The number of halogens is 1. The summed E-state index contributed by atoms with van der Waals surface area (Å²) in [4.78, 5) is 11.9. The summed E-state index contributed by atoms with van der Waals surface area (Å²) in [5.41, 5.74) is 0.592. The van der Waals surface area contributed by atoms with Crippen LogP contribution in [-0.4, -0.2) is 35.7 Å². The quantitative estimate of drug-likeness (QED) is 0.748. The molecule has 0 bridgehead atoms. The fourth-order valence-corrected chi connectivity index (χ4v) is 2.31. The SMILES string of the molecule is C[C@H](Cc1ccccc1F)NC(=O)[C@@H]1C[C@@H](O)CN1. The largest absolute Gasteiger partial charge is 0.392 e. The first-order chi connectivity index (χ1) is 9.06. The summed E-state index contributed by atoms with van der Waals surface area (Å²) in [7, 11) is 0. The molecular formula is C14H19FN2O2. The van der Waals surface area contributed by atoms with Gasteiger partial charge in [-0.25, -0.2) is 4.39 Å². The van der Waals surface area contributed by atoms with Gasteiger partial charge < -0.3 is 15.7 Å². The molecule has 3 atom stereocenters. The zero-order valence-corrected chi connectivity index (χ0v) is 10.9. The fourth-order valence-electron chi connectivity index (χ4n) is 2.31. The van der Waals surface area contributed by atoms with Gasteiger partial charge in [0.15, 0.2) is 0 Å². The van der Waals surface area contributed by atoms with Crippen LogP contribution in [0, 0.1) is 5.82 Å². The molecule has 0 saturated carbocycles.